The topological polar surface area (TPSA) is 33.5 Å². The summed E-state index contributed by atoms with van der Waals surface area (Å²) < 4.78 is 9.04. The number of pyridine rings is 1. The summed E-state index contributed by atoms with van der Waals surface area (Å²) in [5.74, 6) is 2.08. The number of para-hydroxylation sites is 1. The summed E-state index contributed by atoms with van der Waals surface area (Å²) in [4.78, 5) is 9.36. The van der Waals surface area contributed by atoms with Gasteiger partial charge in [0.25, 0.3) is 0 Å². The molecule has 0 spiro atoms. The maximum Gasteiger partial charge on any atom is 0.135 e. The third kappa shape index (κ3) is 8.48. The summed E-state index contributed by atoms with van der Waals surface area (Å²) in [6, 6.07) is 56.8. The monoisotopic (exact) mass is 992 g/mol. The van der Waals surface area contributed by atoms with E-state index in [9.17, 15) is 0 Å². The first-order chi connectivity index (χ1) is 29.1. The zero-order valence-corrected chi connectivity index (χ0v) is 39.3. The molecule has 0 aliphatic carbocycles. The minimum atomic E-state index is -0.173. The van der Waals surface area contributed by atoms with Crippen LogP contribution in [0.4, 0.5) is 11.4 Å². The minimum absolute atomic E-state index is 0. The molecule has 0 radical (unpaired) electrons. The van der Waals surface area contributed by atoms with Gasteiger partial charge in [0.1, 0.15) is 5.82 Å². The number of hydrogen-bond acceptors (Lipinski definition) is 4. The van der Waals surface area contributed by atoms with Crippen LogP contribution in [0.2, 0.25) is 0 Å². The van der Waals surface area contributed by atoms with Crippen molar-refractivity contribution in [3.8, 4) is 28.4 Å². The Balaban J connectivity index is 0.00000529. The fraction of sp³-hybridized carbons (Fsp3) is 0.214. The van der Waals surface area contributed by atoms with Crippen molar-refractivity contribution in [3.05, 3.63) is 193 Å². The maximum atomic E-state index is 6.84. The number of benzene rings is 6. The Morgan fingerprint density at radius 3 is 1.89 bits per heavy atom. The predicted octanol–water partition coefficient (Wildman–Crippen LogP) is 14.6. The van der Waals surface area contributed by atoms with Gasteiger partial charge in [-0.05, 0) is 86.0 Å². The number of fused-ring (bicyclic) bond motifs is 3. The van der Waals surface area contributed by atoms with Gasteiger partial charge in [0.05, 0.1) is 0 Å². The number of rotatable bonds is 7. The van der Waals surface area contributed by atoms with Crippen molar-refractivity contribution in [1.29, 1.82) is 0 Å². The van der Waals surface area contributed by atoms with Crippen LogP contribution in [0.1, 0.15) is 84.6 Å². The zero-order chi connectivity index (χ0) is 42.7. The Bertz CT molecular complexity index is 2930. The Kier molecular flexibility index (Phi) is 11.3. The van der Waals surface area contributed by atoms with Gasteiger partial charge < -0.3 is 19.1 Å². The van der Waals surface area contributed by atoms with E-state index in [1.165, 1.54) is 22.3 Å². The predicted molar refractivity (Wildman–Crippen MR) is 254 cm³/mol. The molecule has 0 saturated carbocycles. The average Bonchev–Trinajstić information content (AvgIpc) is 3.84. The van der Waals surface area contributed by atoms with Crippen LogP contribution in [0.25, 0.3) is 44.4 Å². The van der Waals surface area contributed by atoms with Crippen molar-refractivity contribution in [3.63, 3.8) is 0 Å². The van der Waals surface area contributed by atoms with Crippen molar-refractivity contribution in [2.75, 3.05) is 9.80 Å². The molecule has 1 aliphatic heterocycles. The Labute approximate surface area is 382 Å². The molecule has 316 valence electrons. The molecule has 5 nitrogen and oxygen atoms in total. The van der Waals surface area contributed by atoms with Gasteiger partial charge in [-0.3, -0.25) is 0 Å². The van der Waals surface area contributed by atoms with E-state index in [4.69, 9.17) is 9.72 Å². The molecule has 6 heteroatoms. The van der Waals surface area contributed by atoms with Crippen LogP contribution >= 0.6 is 0 Å². The maximum absolute atomic E-state index is 6.84. The SMILES string of the molecule is CC(C)(C)c1cc(Oc2[c-]c3c(cc2)c2ccccc2n3-c2cc(C(C)(C)C)ccn2)[c-]c(N2[CH-]N(c3cc(-c4ccccc4)cc(C(C)(C)C)c3)C=C2c2ccccc2)c1.[Pt]. The average molecular weight is 993 g/mol. The summed E-state index contributed by atoms with van der Waals surface area (Å²) in [7, 11) is 0. The molecule has 9 rings (SSSR count). The second-order valence-corrected chi connectivity index (χ2v) is 19.2. The van der Waals surface area contributed by atoms with Gasteiger partial charge in [0.2, 0.25) is 0 Å². The first kappa shape index (κ1) is 42.8. The molecule has 0 unspecified atom stereocenters. The molecule has 6 aromatic carbocycles. The van der Waals surface area contributed by atoms with E-state index in [2.05, 4.69) is 235 Å². The molecule has 0 amide bonds. The molecule has 0 atom stereocenters. The summed E-state index contributed by atoms with van der Waals surface area (Å²) in [6.45, 7) is 22.4. The van der Waals surface area contributed by atoms with Gasteiger partial charge in [0.15, 0.2) is 0 Å². The Morgan fingerprint density at radius 2 is 1.19 bits per heavy atom. The molecule has 0 fully saturated rings. The van der Waals surface area contributed by atoms with E-state index >= 15 is 0 Å². The van der Waals surface area contributed by atoms with Gasteiger partial charge in [-0.15, -0.1) is 53.6 Å². The molecule has 1 aliphatic rings. The molecular formula is C56H53N4OPt-3. The number of nitrogens with zero attached hydrogens (tertiary/aromatic N) is 4. The molecule has 0 N–H and O–H groups in total. The molecule has 3 heterocycles. The van der Waals surface area contributed by atoms with Crippen molar-refractivity contribution < 1.29 is 25.8 Å². The number of ether oxygens (including phenoxy) is 1. The van der Waals surface area contributed by atoms with Gasteiger partial charge in [-0.1, -0.05) is 153 Å². The van der Waals surface area contributed by atoms with Gasteiger partial charge >= 0.3 is 0 Å². The van der Waals surface area contributed by atoms with E-state index in [1.807, 2.05) is 12.3 Å². The molecular weight excluding hydrogens is 940 g/mol. The second-order valence-electron chi connectivity index (χ2n) is 19.2. The Hall–Kier alpha value is -5.90. The number of anilines is 2. The Morgan fingerprint density at radius 1 is 0.548 bits per heavy atom. The normalized spacial score (nSPS) is 13.4. The van der Waals surface area contributed by atoms with Crippen LogP contribution in [0.5, 0.6) is 11.5 Å². The van der Waals surface area contributed by atoms with Crippen LogP contribution in [0.15, 0.2) is 152 Å². The zero-order valence-electron chi connectivity index (χ0n) is 37.0. The fourth-order valence-corrected chi connectivity index (χ4v) is 8.00. The molecule has 62 heavy (non-hydrogen) atoms. The van der Waals surface area contributed by atoms with E-state index in [0.29, 0.717) is 11.5 Å². The minimum Gasteiger partial charge on any atom is -0.509 e. The summed E-state index contributed by atoms with van der Waals surface area (Å²) >= 11 is 0. The second kappa shape index (κ2) is 16.4. The van der Waals surface area contributed by atoms with Crippen molar-refractivity contribution in [2.24, 2.45) is 0 Å². The molecule has 0 saturated heterocycles. The van der Waals surface area contributed by atoms with E-state index in [-0.39, 0.29) is 37.3 Å². The summed E-state index contributed by atoms with van der Waals surface area (Å²) in [6.07, 6.45) is 4.14. The largest absolute Gasteiger partial charge is 0.509 e. The van der Waals surface area contributed by atoms with E-state index in [0.717, 1.165) is 55.8 Å². The number of aromatic nitrogens is 2. The fourth-order valence-electron chi connectivity index (χ4n) is 8.00. The first-order valence-corrected chi connectivity index (χ1v) is 21.2. The standard InChI is InChI=1S/C56H53N4O.Pt/c1-54(2,3)41-26-27-57-53(33-41)60-50-23-17-16-22-48(50)49-25-24-46(35-51(49)60)61-47-32-43(56(7,8)9)31-45(34-47)59-37-58(36-52(59)39-20-14-11-15-21-39)44-29-40(38-18-12-10-13-19-38)28-42(30-44)55(4,5)6;/h10-33,36-37H,1-9H3;/q-3;. The number of hydrogen-bond donors (Lipinski definition) is 0. The summed E-state index contributed by atoms with van der Waals surface area (Å²) in [5, 5.41) is 2.24. The van der Waals surface area contributed by atoms with Crippen molar-refractivity contribution in [1.82, 2.24) is 9.55 Å². The van der Waals surface area contributed by atoms with Gasteiger partial charge in [0, 0.05) is 55.7 Å². The molecule has 2 aromatic heterocycles. The first-order valence-electron chi connectivity index (χ1n) is 21.2. The van der Waals surface area contributed by atoms with E-state index < -0.39 is 0 Å². The molecule has 0 bridgehead atoms. The van der Waals surface area contributed by atoms with Gasteiger partial charge in [-0.2, -0.15) is 6.07 Å². The van der Waals surface area contributed by atoms with Crippen LogP contribution in [0.3, 0.4) is 0 Å². The molecule has 8 aromatic rings. The van der Waals surface area contributed by atoms with Crippen LogP contribution in [-0.4, -0.2) is 9.55 Å². The van der Waals surface area contributed by atoms with Crippen LogP contribution in [-0.2, 0) is 37.3 Å². The van der Waals surface area contributed by atoms with Crippen molar-refractivity contribution in [2.45, 2.75) is 78.6 Å². The van der Waals surface area contributed by atoms with Crippen LogP contribution in [0, 0.1) is 18.8 Å². The third-order valence-electron chi connectivity index (χ3n) is 11.6. The van der Waals surface area contributed by atoms with Crippen LogP contribution < -0.4 is 14.5 Å². The summed E-state index contributed by atoms with van der Waals surface area (Å²) in [5.41, 5.74) is 11.9. The van der Waals surface area contributed by atoms with Crippen molar-refractivity contribution >= 4 is 38.9 Å². The quantitative estimate of drug-likeness (QED) is 0.149. The third-order valence-corrected chi connectivity index (χ3v) is 11.6. The smallest absolute Gasteiger partial charge is 0.135 e. The van der Waals surface area contributed by atoms with E-state index in [1.54, 1.807) is 0 Å². The van der Waals surface area contributed by atoms with Gasteiger partial charge in [-0.25, -0.2) is 4.98 Å².